The molecule has 1 aliphatic heterocycles. The van der Waals surface area contributed by atoms with Crippen molar-refractivity contribution in [1.82, 2.24) is 0 Å². The predicted octanol–water partition coefficient (Wildman–Crippen LogP) is 10.5. The number of carbonyl (C=O) groups excluding carboxylic acids is 2. The molecule has 58 heavy (non-hydrogen) atoms. The summed E-state index contributed by atoms with van der Waals surface area (Å²) in [6.07, 6.45) is 36.1. The minimum Gasteiger partial charge on any atom is -0.462 e. The Morgan fingerprint density at radius 2 is 0.914 bits per heavy atom. The number of aliphatic hydroxyl groups excluding tert-OH is 4. The molecule has 0 spiro atoms. The second kappa shape index (κ2) is 39.3. The first kappa shape index (κ1) is 54.2. The van der Waals surface area contributed by atoms with E-state index in [1.54, 1.807) is 0 Å². The first-order chi connectivity index (χ1) is 28.3. The van der Waals surface area contributed by atoms with Gasteiger partial charge in [0.15, 0.2) is 12.4 Å². The van der Waals surface area contributed by atoms with Crippen molar-refractivity contribution in [2.45, 2.75) is 250 Å². The maximum absolute atomic E-state index is 12.8. The van der Waals surface area contributed by atoms with E-state index >= 15 is 0 Å². The lowest BCUT2D eigenvalue weighted by atomic mass is 9.99. The molecule has 0 saturated carbocycles. The van der Waals surface area contributed by atoms with Crippen LogP contribution < -0.4 is 0 Å². The zero-order valence-corrected chi connectivity index (χ0v) is 37.1. The second-order valence-corrected chi connectivity index (χ2v) is 16.6. The van der Waals surface area contributed by atoms with Crippen molar-refractivity contribution in [3.05, 3.63) is 24.3 Å². The molecule has 0 amide bonds. The molecule has 0 aromatic carbocycles. The molecule has 1 aliphatic rings. The number of esters is 2. The number of hydrogen-bond acceptors (Lipinski definition) is 10. The van der Waals surface area contributed by atoms with Crippen LogP contribution in [0.2, 0.25) is 0 Å². The van der Waals surface area contributed by atoms with E-state index in [9.17, 15) is 30.0 Å². The summed E-state index contributed by atoms with van der Waals surface area (Å²) < 4.78 is 22.2. The first-order valence-corrected chi connectivity index (χ1v) is 23.9. The highest BCUT2D eigenvalue weighted by Gasteiger charge is 2.44. The topological polar surface area (TPSA) is 152 Å². The zero-order chi connectivity index (χ0) is 42.3. The highest BCUT2D eigenvalue weighted by Crippen LogP contribution is 2.23. The highest BCUT2D eigenvalue weighted by atomic mass is 16.7. The fourth-order valence-electron chi connectivity index (χ4n) is 7.24. The van der Waals surface area contributed by atoms with Crippen LogP contribution in [0.1, 0.15) is 213 Å². The molecule has 6 unspecified atom stereocenters. The van der Waals surface area contributed by atoms with Crippen LogP contribution in [0.3, 0.4) is 0 Å². The van der Waals surface area contributed by atoms with Gasteiger partial charge in [0.1, 0.15) is 31.0 Å². The van der Waals surface area contributed by atoms with Crippen LogP contribution in [-0.2, 0) is 28.5 Å². The third kappa shape index (κ3) is 30.2. The van der Waals surface area contributed by atoms with E-state index in [4.69, 9.17) is 18.9 Å². The van der Waals surface area contributed by atoms with E-state index in [2.05, 4.69) is 38.2 Å². The minimum atomic E-state index is -1.59. The van der Waals surface area contributed by atoms with Crippen LogP contribution >= 0.6 is 0 Å². The monoisotopic (exact) mass is 825 g/mol. The summed E-state index contributed by atoms with van der Waals surface area (Å²) in [4.78, 5) is 25.4. The second-order valence-electron chi connectivity index (χ2n) is 16.6. The predicted molar refractivity (Wildman–Crippen MR) is 233 cm³/mol. The Balaban J connectivity index is 2.31. The van der Waals surface area contributed by atoms with Gasteiger partial charge in [-0.2, -0.15) is 0 Å². The van der Waals surface area contributed by atoms with E-state index in [1.165, 1.54) is 116 Å². The average molecular weight is 825 g/mol. The lowest BCUT2D eigenvalue weighted by molar-refractivity contribution is -0.305. The summed E-state index contributed by atoms with van der Waals surface area (Å²) >= 11 is 0. The molecule has 1 fully saturated rings. The normalized spacial score (nSPS) is 20.3. The Bertz CT molecular complexity index is 1000. The van der Waals surface area contributed by atoms with Crippen molar-refractivity contribution in [3.8, 4) is 0 Å². The summed E-state index contributed by atoms with van der Waals surface area (Å²) in [5.41, 5.74) is 0. The quantitative estimate of drug-likeness (QED) is 0.0267. The van der Waals surface area contributed by atoms with Crippen molar-refractivity contribution < 1.29 is 49.0 Å². The van der Waals surface area contributed by atoms with Gasteiger partial charge < -0.3 is 39.4 Å². The Morgan fingerprint density at radius 3 is 1.34 bits per heavy atom. The van der Waals surface area contributed by atoms with E-state index in [0.29, 0.717) is 6.42 Å². The van der Waals surface area contributed by atoms with E-state index in [0.717, 1.165) is 64.2 Å². The lowest BCUT2D eigenvalue weighted by Gasteiger charge is -2.39. The fourth-order valence-corrected chi connectivity index (χ4v) is 7.24. The fraction of sp³-hybridized carbons (Fsp3) is 0.875. The molecule has 1 rings (SSSR count). The van der Waals surface area contributed by atoms with Gasteiger partial charge in [-0.3, -0.25) is 9.59 Å². The van der Waals surface area contributed by atoms with Gasteiger partial charge in [-0.15, -0.1) is 0 Å². The van der Waals surface area contributed by atoms with Gasteiger partial charge in [-0.05, 0) is 64.2 Å². The lowest BCUT2D eigenvalue weighted by Crippen LogP contribution is -2.59. The molecular formula is C48H88O10. The van der Waals surface area contributed by atoms with E-state index in [-0.39, 0.29) is 32.0 Å². The molecule has 4 N–H and O–H groups in total. The summed E-state index contributed by atoms with van der Waals surface area (Å²) in [5.74, 6) is -0.815. The number of rotatable bonds is 40. The van der Waals surface area contributed by atoms with Crippen LogP contribution in [0.25, 0.3) is 0 Å². The van der Waals surface area contributed by atoms with E-state index < -0.39 is 49.4 Å². The maximum atomic E-state index is 12.8. The third-order valence-corrected chi connectivity index (χ3v) is 11.1. The molecule has 1 heterocycles. The molecule has 0 radical (unpaired) electrons. The standard InChI is InChI=1S/C48H88O10/c1-3-5-7-9-11-13-15-17-19-20-21-23-25-27-29-31-33-35-37-44(51)57-41(40-56-48-47(54)46(53)45(52)42(38-49)58-48)39-55-43(50)36-34-32-30-28-26-24-22-18-16-14-12-10-8-6-4-2/h18-20,22,41-42,45-49,52-54H,3-17,21,23-40H2,1-2H3/b20-19-,22-18-. The van der Waals surface area contributed by atoms with Crippen molar-refractivity contribution in [2.75, 3.05) is 19.8 Å². The van der Waals surface area contributed by atoms with Crippen LogP contribution in [0.4, 0.5) is 0 Å². The van der Waals surface area contributed by atoms with Gasteiger partial charge in [0, 0.05) is 12.8 Å². The van der Waals surface area contributed by atoms with Gasteiger partial charge in [-0.25, -0.2) is 0 Å². The van der Waals surface area contributed by atoms with Crippen LogP contribution in [0.5, 0.6) is 0 Å². The van der Waals surface area contributed by atoms with E-state index in [1.807, 2.05) is 0 Å². The smallest absolute Gasteiger partial charge is 0.306 e. The molecule has 1 saturated heterocycles. The molecule has 340 valence electrons. The minimum absolute atomic E-state index is 0.221. The van der Waals surface area contributed by atoms with Gasteiger partial charge in [0.25, 0.3) is 0 Å². The maximum Gasteiger partial charge on any atom is 0.306 e. The molecule has 10 heteroatoms. The van der Waals surface area contributed by atoms with Crippen LogP contribution in [0.15, 0.2) is 24.3 Å². The number of unbranched alkanes of at least 4 members (excludes halogenated alkanes) is 25. The van der Waals surface area contributed by atoms with Crippen molar-refractivity contribution in [1.29, 1.82) is 0 Å². The highest BCUT2D eigenvalue weighted by molar-refractivity contribution is 5.70. The Kier molecular flexibility index (Phi) is 36.7. The van der Waals surface area contributed by atoms with Gasteiger partial charge >= 0.3 is 11.9 Å². The summed E-state index contributed by atoms with van der Waals surface area (Å²) in [6.45, 7) is 3.42. The number of allylic oxidation sites excluding steroid dienone is 4. The Morgan fingerprint density at radius 1 is 0.517 bits per heavy atom. The number of carbonyl (C=O) groups is 2. The van der Waals surface area contributed by atoms with Gasteiger partial charge in [-0.1, -0.05) is 160 Å². The van der Waals surface area contributed by atoms with Crippen LogP contribution in [0, 0.1) is 0 Å². The Hall–Kier alpha value is -1.82. The van der Waals surface area contributed by atoms with Gasteiger partial charge in [0.05, 0.1) is 13.2 Å². The van der Waals surface area contributed by atoms with Gasteiger partial charge in [0.2, 0.25) is 0 Å². The molecule has 6 atom stereocenters. The molecular weight excluding hydrogens is 737 g/mol. The summed E-state index contributed by atoms with van der Waals surface area (Å²) in [5, 5.41) is 40.1. The number of aliphatic hydroxyl groups is 4. The number of ether oxygens (including phenoxy) is 4. The molecule has 10 nitrogen and oxygen atoms in total. The van der Waals surface area contributed by atoms with Crippen molar-refractivity contribution in [2.24, 2.45) is 0 Å². The van der Waals surface area contributed by atoms with Crippen molar-refractivity contribution in [3.63, 3.8) is 0 Å². The SMILES string of the molecule is CCCCCCCC/C=C\CCCCCCCC(=O)OCC(COC1OC(CO)C(O)C(O)C1O)OC(=O)CCCCCCCCC/C=C\CCCCCCCCC. The Labute approximate surface area is 353 Å². The molecule has 0 bridgehead atoms. The number of hydrogen-bond donors (Lipinski definition) is 4. The third-order valence-electron chi connectivity index (χ3n) is 11.1. The first-order valence-electron chi connectivity index (χ1n) is 23.9. The molecule has 0 aromatic heterocycles. The molecule has 0 aromatic rings. The summed E-state index contributed by atoms with van der Waals surface area (Å²) in [7, 11) is 0. The summed E-state index contributed by atoms with van der Waals surface area (Å²) in [6, 6.07) is 0. The molecule has 0 aliphatic carbocycles. The van der Waals surface area contributed by atoms with Crippen LogP contribution in [-0.4, -0.2) is 89.0 Å². The zero-order valence-electron chi connectivity index (χ0n) is 37.1. The van der Waals surface area contributed by atoms with Crippen molar-refractivity contribution >= 4 is 11.9 Å². The average Bonchev–Trinajstić information content (AvgIpc) is 3.22. The largest absolute Gasteiger partial charge is 0.462 e.